The lowest BCUT2D eigenvalue weighted by Crippen LogP contribution is -2.60. The van der Waals surface area contributed by atoms with Crippen LogP contribution in [0.4, 0.5) is 0 Å². The third kappa shape index (κ3) is 0.816. The summed E-state index contributed by atoms with van der Waals surface area (Å²) in [6, 6.07) is 0. The summed E-state index contributed by atoms with van der Waals surface area (Å²) < 4.78 is 0. The zero-order valence-corrected chi connectivity index (χ0v) is 8.91. The quantitative estimate of drug-likeness (QED) is 0.625. The van der Waals surface area contributed by atoms with Crippen LogP contribution >= 0.6 is 0 Å². The minimum atomic E-state index is 0.317. The summed E-state index contributed by atoms with van der Waals surface area (Å²) in [7, 11) is 0. The van der Waals surface area contributed by atoms with Crippen molar-refractivity contribution >= 4 is 0 Å². The van der Waals surface area contributed by atoms with Crippen molar-refractivity contribution in [3.8, 4) is 0 Å². The second-order valence-electron chi connectivity index (χ2n) is 6.44. The van der Waals surface area contributed by atoms with Gasteiger partial charge in [0, 0.05) is 5.54 Å². The van der Waals surface area contributed by atoms with E-state index in [0.717, 1.165) is 29.6 Å². The maximum absolute atomic E-state index is 6.53. The first kappa shape index (κ1) is 8.15. The van der Waals surface area contributed by atoms with Gasteiger partial charge in [0.15, 0.2) is 0 Å². The van der Waals surface area contributed by atoms with E-state index in [1.165, 1.54) is 44.9 Å². The summed E-state index contributed by atoms with van der Waals surface area (Å²) in [6.07, 6.45) is 10.2. The maximum Gasteiger partial charge on any atom is 0.0188 e. The third-order valence-electron chi connectivity index (χ3n) is 6.01. The molecule has 0 bridgehead atoms. The second-order valence-corrected chi connectivity index (χ2v) is 6.44. The molecule has 0 aliphatic heterocycles. The molecule has 0 amide bonds. The lowest BCUT2D eigenvalue weighted by atomic mass is 9.55. The van der Waals surface area contributed by atoms with Gasteiger partial charge in [0.2, 0.25) is 0 Å². The van der Waals surface area contributed by atoms with E-state index in [1.807, 2.05) is 0 Å². The first-order valence-corrected chi connectivity index (χ1v) is 6.58. The van der Waals surface area contributed by atoms with Gasteiger partial charge in [0.25, 0.3) is 0 Å². The van der Waals surface area contributed by atoms with Crippen LogP contribution in [0.15, 0.2) is 0 Å². The molecular formula is C13H21N. The molecule has 2 N–H and O–H groups in total. The monoisotopic (exact) mass is 191 g/mol. The Bertz CT molecular complexity index is 274. The Morgan fingerprint density at radius 1 is 0.929 bits per heavy atom. The SMILES string of the molecule is N[C@]12CCC1C1CCCCC3C(C2)C31. The van der Waals surface area contributed by atoms with Crippen molar-refractivity contribution in [2.75, 3.05) is 0 Å². The molecule has 0 aromatic rings. The molecule has 0 radical (unpaired) electrons. The molecule has 4 fully saturated rings. The van der Waals surface area contributed by atoms with Gasteiger partial charge >= 0.3 is 0 Å². The molecule has 1 nitrogen and oxygen atoms in total. The summed E-state index contributed by atoms with van der Waals surface area (Å²) in [5.74, 6) is 5.32. The number of hydrogen-bond acceptors (Lipinski definition) is 1. The number of fused-ring (bicyclic) bond motifs is 3. The van der Waals surface area contributed by atoms with Gasteiger partial charge in [-0.05, 0) is 61.7 Å². The molecule has 0 aromatic heterocycles. The van der Waals surface area contributed by atoms with Crippen LogP contribution in [0.25, 0.3) is 0 Å². The Morgan fingerprint density at radius 2 is 1.71 bits per heavy atom. The van der Waals surface area contributed by atoms with Gasteiger partial charge in [-0.3, -0.25) is 0 Å². The number of nitrogens with two attached hydrogens (primary N) is 1. The minimum absolute atomic E-state index is 0.317. The molecule has 0 heterocycles. The maximum atomic E-state index is 6.53. The Morgan fingerprint density at radius 3 is 2.43 bits per heavy atom. The van der Waals surface area contributed by atoms with Crippen LogP contribution in [0.3, 0.4) is 0 Å². The van der Waals surface area contributed by atoms with E-state index in [2.05, 4.69) is 0 Å². The molecule has 5 unspecified atom stereocenters. The minimum Gasteiger partial charge on any atom is -0.325 e. The normalized spacial score (nSPS) is 64.5. The molecule has 4 aliphatic rings. The third-order valence-corrected chi connectivity index (χ3v) is 6.01. The predicted octanol–water partition coefficient (Wildman–Crippen LogP) is 2.55. The zero-order chi connectivity index (χ0) is 9.34. The van der Waals surface area contributed by atoms with Crippen LogP contribution in [0.2, 0.25) is 0 Å². The zero-order valence-electron chi connectivity index (χ0n) is 8.91. The van der Waals surface area contributed by atoms with Gasteiger partial charge in [-0.15, -0.1) is 0 Å². The van der Waals surface area contributed by atoms with Gasteiger partial charge in [-0.2, -0.15) is 0 Å². The van der Waals surface area contributed by atoms with Crippen molar-refractivity contribution in [1.82, 2.24) is 0 Å². The van der Waals surface area contributed by atoms with Crippen LogP contribution in [0, 0.1) is 29.6 Å². The smallest absolute Gasteiger partial charge is 0.0188 e. The highest BCUT2D eigenvalue weighted by Gasteiger charge is 2.66. The summed E-state index contributed by atoms with van der Waals surface area (Å²) in [4.78, 5) is 0. The van der Waals surface area contributed by atoms with E-state index in [-0.39, 0.29) is 0 Å². The first-order valence-electron chi connectivity index (χ1n) is 6.58. The molecule has 14 heavy (non-hydrogen) atoms. The van der Waals surface area contributed by atoms with Crippen molar-refractivity contribution in [1.29, 1.82) is 0 Å². The summed E-state index contributed by atoms with van der Waals surface area (Å²) >= 11 is 0. The molecule has 4 saturated carbocycles. The lowest BCUT2D eigenvalue weighted by Gasteiger charge is -2.54. The van der Waals surface area contributed by atoms with E-state index < -0.39 is 0 Å². The van der Waals surface area contributed by atoms with Crippen molar-refractivity contribution in [2.45, 2.75) is 50.5 Å². The standard InChI is InChI=1S/C13H21N/c14-13-6-5-11(13)9-4-2-1-3-8-10(7-13)12(8)9/h8-12H,1-7,14H2/t8?,9?,10?,11?,12?,13-/m0/s1. The molecular weight excluding hydrogens is 170 g/mol. The summed E-state index contributed by atoms with van der Waals surface area (Å²) in [6.45, 7) is 0. The van der Waals surface area contributed by atoms with E-state index in [0.29, 0.717) is 5.54 Å². The van der Waals surface area contributed by atoms with Gasteiger partial charge in [-0.25, -0.2) is 0 Å². The highest BCUT2D eigenvalue weighted by Crippen LogP contribution is 2.69. The van der Waals surface area contributed by atoms with Crippen LogP contribution in [0.5, 0.6) is 0 Å². The summed E-state index contributed by atoms with van der Waals surface area (Å²) in [5, 5.41) is 0. The first-order chi connectivity index (χ1) is 6.80. The fraction of sp³-hybridized carbons (Fsp3) is 1.00. The highest BCUT2D eigenvalue weighted by molar-refractivity contribution is 5.18. The van der Waals surface area contributed by atoms with Crippen LogP contribution in [-0.2, 0) is 0 Å². The molecule has 4 rings (SSSR count). The van der Waals surface area contributed by atoms with E-state index in [1.54, 1.807) is 0 Å². The molecule has 78 valence electrons. The highest BCUT2D eigenvalue weighted by atomic mass is 14.9. The fourth-order valence-electron chi connectivity index (χ4n) is 5.24. The molecule has 6 atom stereocenters. The van der Waals surface area contributed by atoms with Crippen LogP contribution in [-0.4, -0.2) is 5.54 Å². The Hall–Kier alpha value is -0.0400. The van der Waals surface area contributed by atoms with Crippen molar-refractivity contribution in [3.63, 3.8) is 0 Å². The molecule has 0 aromatic carbocycles. The second kappa shape index (κ2) is 2.37. The predicted molar refractivity (Wildman–Crippen MR) is 56.7 cm³/mol. The molecule has 0 spiro atoms. The van der Waals surface area contributed by atoms with E-state index in [9.17, 15) is 0 Å². The van der Waals surface area contributed by atoms with E-state index >= 15 is 0 Å². The Balaban J connectivity index is 1.68. The van der Waals surface area contributed by atoms with Gasteiger partial charge in [0.1, 0.15) is 0 Å². The van der Waals surface area contributed by atoms with E-state index in [4.69, 9.17) is 5.73 Å². The van der Waals surface area contributed by atoms with Gasteiger partial charge in [0.05, 0.1) is 0 Å². The Kier molecular flexibility index (Phi) is 1.38. The number of rotatable bonds is 0. The summed E-state index contributed by atoms with van der Waals surface area (Å²) in [5.41, 5.74) is 6.85. The fourth-order valence-corrected chi connectivity index (χ4v) is 5.24. The molecule has 0 saturated heterocycles. The van der Waals surface area contributed by atoms with Gasteiger partial charge in [-0.1, -0.05) is 12.8 Å². The van der Waals surface area contributed by atoms with Crippen molar-refractivity contribution in [3.05, 3.63) is 0 Å². The number of hydrogen-bond donors (Lipinski definition) is 1. The molecule has 1 heteroatoms. The van der Waals surface area contributed by atoms with Gasteiger partial charge < -0.3 is 5.73 Å². The van der Waals surface area contributed by atoms with Crippen LogP contribution in [0.1, 0.15) is 44.9 Å². The average molecular weight is 191 g/mol. The van der Waals surface area contributed by atoms with Crippen molar-refractivity contribution in [2.24, 2.45) is 35.3 Å². The largest absolute Gasteiger partial charge is 0.325 e. The molecule has 4 aliphatic carbocycles. The lowest BCUT2D eigenvalue weighted by molar-refractivity contribution is 0.00977. The Labute approximate surface area is 86.4 Å². The topological polar surface area (TPSA) is 26.0 Å². The average Bonchev–Trinajstić information content (AvgIpc) is 2.83. The van der Waals surface area contributed by atoms with Crippen LogP contribution < -0.4 is 5.73 Å². The van der Waals surface area contributed by atoms with Crippen molar-refractivity contribution < 1.29 is 0 Å².